The minimum Gasteiger partial charge on any atom is -0.478 e. The average Bonchev–Trinajstić information content (AvgIpc) is 2.75. The molecule has 0 aliphatic rings. The summed E-state index contributed by atoms with van der Waals surface area (Å²) in [5, 5.41) is 17.9. The molecule has 0 aliphatic carbocycles. The van der Waals surface area contributed by atoms with Crippen molar-refractivity contribution in [3.8, 4) is 0 Å². The van der Waals surface area contributed by atoms with E-state index in [9.17, 15) is 9.90 Å². The summed E-state index contributed by atoms with van der Waals surface area (Å²) in [7, 11) is 3.70. The van der Waals surface area contributed by atoms with E-state index in [2.05, 4.69) is 15.2 Å². The summed E-state index contributed by atoms with van der Waals surface area (Å²) >= 11 is 1.43. The van der Waals surface area contributed by atoms with Crippen LogP contribution in [0.1, 0.15) is 20.9 Å². The van der Waals surface area contributed by atoms with Gasteiger partial charge < -0.3 is 10.0 Å². The third-order valence-corrected chi connectivity index (χ3v) is 3.94. The summed E-state index contributed by atoms with van der Waals surface area (Å²) < 4.78 is 0. The van der Waals surface area contributed by atoms with Crippen LogP contribution in [0.25, 0.3) is 0 Å². The number of carboxylic acids is 1. The Labute approximate surface area is 126 Å². The van der Waals surface area contributed by atoms with Crippen LogP contribution >= 0.6 is 11.3 Å². The lowest BCUT2D eigenvalue weighted by Crippen LogP contribution is -2.09. The van der Waals surface area contributed by atoms with Crippen molar-refractivity contribution in [2.45, 2.75) is 13.8 Å². The Morgan fingerprint density at radius 3 is 2.52 bits per heavy atom. The summed E-state index contributed by atoms with van der Waals surface area (Å²) in [4.78, 5) is 18.5. The van der Waals surface area contributed by atoms with Crippen molar-refractivity contribution in [2.24, 2.45) is 10.2 Å². The molecule has 0 bridgehead atoms. The molecule has 2 rings (SSSR count). The molecule has 6 nitrogen and oxygen atoms in total. The Bertz CT molecular complexity index is 687. The average molecular weight is 304 g/mol. The Kier molecular flexibility index (Phi) is 4.32. The first-order chi connectivity index (χ1) is 9.88. The summed E-state index contributed by atoms with van der Waals surface area (Å²) in [6, 6.07) is 5.03. The molecule has 0 aliphatic heterocycles. The number of benzene rings is 1. The van der Waals surface area contributed by atoms with Gasteiger partial charge in [0.2, 0.25) is 5.13 Å². The highest BCUT2D eigenvalue weighted by atomic mass is 32.1. The van der Waals surface area contributed by atoms with Crippen LogP contribution < -0.4 is 4.90 Å². The van der Waals surface area contributed by atoms with Crippen LogP contribution in [0.2, 0.25) is 0 Å². The second kappa shape index (κ2) is 6.01. The molecule has 110 valence electrons. The Balaban J connectivity index is 2.37. The van der Waals surface area contributed by atoms with Gasteiger partial charge in [-0.3, -0.25) is 0 Å². The lowest BCUT2D eigenvalue weighted by molar-refractivity contribution is 0.0698. The molecular formula is C14H16N4O2S. The number of thiazole rings is 1. The van der Waals surface area contributed by atoms with Gasteiger partial charge in [-0.1, -0.05) is 11.3 Å². The first-order valence-electron chi connectivity index (χ1n) is 6.29. The molecule has 0 amide bonds. The predicted molar refractivity (Wildman–Crippen MR) is 83.5 cm³/mol. The summed E-state index contributed by atoms with van der Waals surface area (Å²) in [5.74, 6) is -1.03. The number of azo groups is 1. The molecule has 1 aromatic heterocycles. The maximum Gasteiger partial charge on any atom is 0.338 e. The highest BCUT2D eigenvalue weighted by Gasteiger charge is 2.12. The first-order valence-corrected chi connectivity index (χ1v) is 7.10. The van der Waals surface area contributed by atoms with Gasteiger partial charge in [-0.25, -0.2) is 9.78 Å². The van der Waals surface area contributed by atoms with Gasteiger partial charge in [0.05, 0.1) is 11.3 Å². The number of carbonyl (C=O) groups is 1. The van der Waals surface area contributed by atoms with Crippen LogP contribution in [-0.2, 0) is 0 Å². The molecule has 0 fully saturated rings. The van der Waals surface area contributed by atoms with Gasteiger partial charge in [0.1, 0.15) is 5.69 Å². The molecule has 0 unspecified atom stereocenters. The maximum atomic E-state index is 11.3. The van der Waals surface area contributed by atoms with Crippen molar-refractivity contribution in [3.63, 3.8) is 0 Å². The van der Waals surface area contributed by atoms with E-state index in [1.807, 2.05) is 32.8 Å². The minimum absolute atomic E-state index is 0.120. The monoisotopic (exact) mass is 304 g/mol. The van der Waals surface area contributed by atoms with Crippen LogP contribution in [-0.4, -0.2) is 30.2 Å². The highest BCUT2D eigenvalue weighted by molar-refractivity contribution is 7.15. The number of hydrogen-bond acceptors (Lipinski definition) is 6. The fraction of sp³-hybridized carbons (Fsp3) is 0.286. The zero-order valence-electron chi connectivity index (χ0n) is 12.3. The van der Waals surface area contributed by atoms with Gasteiger partial charge in [0, 0.05) is 24.7 Å². The third kappa shape index (κ3) is 3.43. The fourth-order valence-corrected chi connectivity index (χ4v) is 2.39. The number of carboxylic acid groups (broad SMARTS) is 1. The van der Waals surface area contributed by atoms with Gasteiger partial charge in [0.15, 0.2) is 0 Å². The second-order valence-corrected chi connectivity index (χ2v) is 5.92. The molecule has 0 saturated heterocycles. The van der Waals surface area contributed by atoms with Gasteiger partial charge in [-0.05, 0) is 32.0 Å². The molecule has 21 heavy (non-hydrogen) atoms. The van der Waals surface area contributed by atoms with Gasteiger partial charge in [-0.15, -0.1) is 10.2 Å². The Morgan fingerprint density at radius 2 is 2.00 bits per heavy atom. The first kappa shape index (κ1) is 15.1. The molecule has 0 radical (unpaired) electrons. The molecule has 1 N–H and O–H groups in total. The standard InChI is InChI=1S/C14H16N4O2S/c1-8-9(2)21-14(15-8)17-16-12-6-5-10(18(3)4)7-11(12)13(19)20/h5-7H,1-4H3,(H,19,20). The summed E-state index contributed by atoms with van der Waals surface area (Å²) in [6.07, 6.45) is 0. The van der Waals surface area contributed by atoms with Crippen molar-refractivity contribution in [3.05, 3.63) is 34.3 Å². The normalized spacial score (nSPS) is 11.0. The number of rotatable bonds is 4. The number of aromatic nitrogens is 1. The highest BCUT2D eigenvalue weighted by Crippen LogP contribution is 2.29. The van der Waals surface area contributed by atoms with Gasteiger partial charge >= 0.3 is 5.97 Å². The van der Waals surface area contributed by atoms with Crippen molar-refractivity contribution in [1.29, 1.82) is 0 Å². The van der Waals surface area contributed by atoms with Crippen LogP contribution in [0.4, 0.5) is 16.5 Å². The number of anilines is 1. The minimum atomic E-state index is -1.03. The van der Waals surface area contributed by atoms with Crippen molar-refractivity contribution < 1.29 is 9.90 Å². The molecule has 2 aromatic rings. The third-order valence-electron chi connectivity index (χ3n) is 2.99. The number of nitrogens with zero attached hydrogens (tertiary/aromatic N) is 4. The van der Waals surface area contributed by atoms with E-state index >= 15 is 0 Å². The lowest BCUT2D eigenvalue weighted by atomic mass is 10.1. The van der Waals surface area contributed by atoms with E-state index in [1.165, 1.54) is 11.3 Å². The predicted octanol–water partition coefficient (Wildman–Crippen LogP) is 3.94. The smallest absolute Gasteiger partial charge is 0.338 e. The van der Waals surface area contributed by atoms with Gasteiger partial charge in [0.25, 0.3) is 0 Å². The molecule has 1 aromatic carbocycles. The van der Waals surface area contributed by atoms with Crippen LogP contribution in [0, 0.1) is 13.8 Å². The van der Waals surface area contributed by atoms with Crippen molar-refractivity contribution in [1.82, 2.24) is 4.98 Å². The second-order valence-electron chi connectivity index (χ2n) is 4.74. The Morgan fingerprint density at radius 1 is 1.29 bits per heavy atom. The Hall–Kier alpha value is -2.28. The van der Waals surface area contributed by atoms with Crippen molar-refractivity contribution >= 4 is 33.8 Å². The van der Waals surface area contributed by atoms with Crippen LogP contribution in [0.15, 0.2) is 28.4 Å². The van der Waals surface area contributed by atoms with Crippen LogP contribution in [0.5, 0.6) is 0 Å². The van der Waals surface area contributed by atoms with Gasteiger partial charge in [-0.2, -0.15) is 0 Å². The molecule has 7 heteroatoms. The van der Waals surface area contributed by atoms with E-state index in [1.54, 1.807) is 18.2 Å². The van der Waals surface area contributed by atoms with E-state index in [0.717, 1.165) is 16.3 Å². The summed E-state index contributed by atoms with van der Waals surface area (Å²) in [5.41, 5.74) is 2.15. The molecule has 0 saturated carbocycles. The molecule has 0 spiro atoms. The zero-order chi connectivity index (χ0) is 15.6. The molecule has 0 atom stereocenters. The molecule has 1 heterocycles. The quantitative estimate of drug-likeness (QED) is 0.868. The number of aryl methyl sites for hydroxylation is 2. The maximum absolute atomic E-state index is 11.3. The number of hydrogen-bond donors (Lipinski definition) is 1. The van der Waals surface area contributed by atoms with E-state index < -0.39 is 5.97 Å². The molecular weight excluding hydrogens is 288 g/mol. The SMILES string of the molecule is Cc1nc(N=Nc2ccc(N(C)C)cc2C(=O)O)sc1C. The topological polar surface area (TPSA) is 78.2 Å². The number of aromatic carboxylic acids is 1. The van der Waals surface area contributed by atoms with E-state index in [-0.39, 0.29) is 5.56 Å². The van der Waals surface area contributed by atoms with Crippen molar-refractivity contribution in [2.75, 3.05) is 19.0 Å². The van der Waals surface area contributed by atoms with E-state index in [0.29, 0.717) is 10.8 Å². The zero-order valence-corrected chi connectivity index (χ0v) is 13.1. The summed E-state index contributed by atoms with van der Waals surface area (Å²) in [6.45, 7) is 3.86. The van der Waals surface area contributed by atoms with Crippen LogP contribution in [0.3, 0.4) is 0 Å². The largest absolute Gasteiger partial charge is 0.478 e. The lowest BCUT2D eigenvalue weighted by Gasteiger charge is -2.13. The fourth-order valence-electron chi connectivity index (χ4n) is 1.66. The van der Waals surface area contributed by atoms with E-state index in [4.69, 9.17) is 0 Å².